The van der Waals surface area contributed by atoms with Crippen molar-refractivity contribution in [2.75, 3.05) is 18.8 Å². The van der Waals surface area contributed by atoms with Gasteiger partial charge in [-0.2, -0.15) is 0 Å². The molecule has 0 unspecified atom stereocenters. The van der Waals surface area contributed by atoms with Gasteiger partial charge in [0, 0.05) is 17.2 Å². The van der Waals surface area contributed by atoms with E-state index >= 15 is 0 Å². The maximum Gasteiger partial charge on any atom is 0.233 e. The molecule has 1 aromatic rings. The van der Waals surface area contributed by atoms with Crippen molar-refractivity contribution in [3.05, 3.63) is 30.3 Å². The van der Waals surface area contributed by atoms with Crippen LogP contribution in [0.2, 0.25) is 0 Å². The topological polar surface area (TPSA) is 55.1 Å². The first-order valence-corrected chi connectivity index (χ1v) is 5.46. The fourth-order valence-corrected chi connectivity index (χ4v) is 1.74. The second kappa shape index (κ2) is 8.59. The molecule has 0 aliphatic rings. The molecule has 15 heavy (non-hydrogen) atoms. The van der Waals surface area contributed by atoms with Crippen LogP contribution in [0.1, 0.15) is 0 Å². The van der Waals surface area contributed by atoms with Crippen molar-refractivity contribution in [1.82, 2.24) is 5.32 Å². The predicted octanol–water partition coefficient (Wildman–Crippen LogP) is 1.28. The van der Waals surface area contributed by atoms with E-state index in [0.717, 1.165) is 5.75 Å². The molecule has 3 nitrogen and oxygen atoms in total. The maximum absolute atomic E-state index is 10.8. The molecule has 1 aromatic carbocycles. The first-order chi connectivity index (χ1) is 6.83. The summed E-state index contributed by atoms with van der Waals surface area (Å²) < 4.78 is 0. The van der Waals surface area contributed by atoms with Gasteiger partial charge in [0.05, 0.1) is 6.54 Å². The number of hydrogen-bond acceptors (Lipinski definition) is 3. The molecular weight excluding hydrogens is 232 g/mol. The highest BCUT2D eigenvalue weighted by atomic mass is 35.5. The van der Waals surface area contributed by atoms with Gasteiger partial charge in [0.2, 0.25) is 5.91 Å². The van der Waals surface area contributed by atoms with Crippen molar-refractivity contribution in [3.8, 4) is 0 Å². The van der Waals surface area contributed by atoms with Crippen LogP contribution in [0.15, 0.2) is 35.2 Å². The zero-order valence-electron chi connectivity index (χ0n) is 8.31. The van der Waals surface area contributed by atoms with Crippen molar-refractivity contribution in [2.45, 2.75) is 4.90 Å². The molecule has 3 N–H and O–H groups in total. The Balaban J connectivity index is 0.00000196. The Morgan fingerprint density at radius 1 is 1.33 bits per heavy atom. The molecule has 0 radical (unpaired) electrons. The van der Waals surface area contributed by atoms with Gasteiger partial charge >= 0.3 is 0 Å². The van der Waals surface area contributed by atoms with Crippen molar-refractivity contribution in [3.63, 3.8) is 0 Å². The number of rotatable bonds is 5. The minimum Gasteiger partial charge on any atom is -0.354 e. The Hall–Kier alpha value is -0.710. The molecular formula is C10H15ClN2OS. The summed E-state index contributed by atoms with van der Waals surface area (Å²) in [7, 11) is 0. The van der Waals surface area contributed by atoms with Crippen LogP contribution in [-0.4, -0.2) is 24.7 Å². The van der Waals surface area contributed by atoms with Gasteiger partial charge in [-0.15, -0.1) is 24.2 Å². The summed E-state index contributed by atoms with van der Waals surface area (Å²) in [6.45, 7) is 0.728. The Kier molecular flexibility index (Phi) is 8.18. The molecule has 84 valence electrons. The number of thioether (sulfide) groups is 1. The van der Waals surface area contributed by atoms with Gasteiger partial charge in [0.15, 0.2) is 0 Å². The molecule has 0 spiro atoms. The van der Waals surface area contributed by atoms with E-state index in [4.69, 9.17) is 5.73 Å². The zero-order chi connectivity index (χ0) is 10.2. The quantitative estimate of drug-likeness (QED) is 0.608. The van der Waals surface area contributed by atoms with Crippen LogP contribution in [0.5, 0.6) is 0 Å². The standard InChI is InChI=1S/C10H14N2OS.ClH/c11-8-10(13)12-6-7-14-9-4-2-1-3-5-9;/h1-5H,6-8,11H2,(H,12,13);1H. The van der Waals surface area contributed by atoms with Gasteiger partial charge in [-0.25, -0.2) is 0 Å². The highest BCUT2D eigenvalue weighted by Gasteiger charge is 1.96. The predicted molar refractivity (Wildman–Crippen MR) is 66.5 cm³/mol. The SMILES string of the molecule is Cl.NCC(=O)NCCSc1ccccc1. The molecule has 0 saturated heterocycles. The van der Waals surface area contributed by atoms with Crippen molar-refractivity contribution in [1.29, 1.82) is 0 Å². The van der Waals surface area contributed by atoms with Gasteiger partial charge in [-0.1, -0.05) is 18.2 Å². The number of nitrogens with two attached hydrogens (primary N) is 1. The number of carbonyl (C=O) groups excluding carboxylic acids is 1. The molecule has 1 rings (SSSR count). The second-order valence-electron chi connectivity index (χ2n) is 2.72. The lowest BCUT2D eigenvalue weighted by molar-refractivity contribution is -0.119. The summed E-state index contributed by atoms with van der Waals surface area (Å²) >= 11 is 1.72. The third-order valence-electron chi connectivity index (χ3n) is 1.62. The molecule has 0 aliphatic carbocycles. The summed E-state index contributed by atoms with van der Waals surface area (Å²) in [4.78, 5) is 12.0. The van der Waals surface area contributed by atoms with E-state index in [1.807, 2.05) is 18.2 Å². The van der Waals surface area contributed by atoms with Crippen molar-refractivity contribution < 1.29 is 4.79 Å². The average molecular weight is 247 g/mol. The Bertz CT molecular complexity index is 282. The Morgan fingerprint density at radius 2 is 2.00 bits per heavy atom. The van der Waals surface area contributed by atoms with Crippen molar-refractivity contribution in [2.24, 2.45) is 5.73 Å². The van der Waals surface area contributed by atoms with Gasteiger partial charge in [-0.05, 0) is 12.1 Å². The molecule has 0 aliphatic heterocycles. The highest BCUT2D eigenvalue weighted by Crippen LogP contribution is 2.15. The normalized spacial score (nSPS) is 9.13. The number of benzene rings is 1. The molecule has 1 amide bonds. The zero-order valence-corrected chi connectivity index (χ0v) is 9.94. The van der Waals surface area contributed by atoms with E-state index in [1.54, 1.807) is 11.8 Å². The smallest absolute Gasteiger partial charge is 0.233 e. The lowest BCUT2D eigenvalue weighted by Gasteiger charge is -2.02. The second-order valence-corrected chi connectivity index (χ2v) is 3.88. The van der Waals surface area contributed by atoms with Crippen LogP contribution in [0, 0.1) is 0 Å². The van der Waals surface area contributed by atoms with E-state index in [1.165, 1.54) is 4.90 Å². The first-order valence-electron chi connectivity index (χ1n) is 4.47. The van der Waals surface area contributed by atoms with Gasteiger partial charge in [-0.3, -0.25) is 4.79 Å². The minimum absolute atomic E-state index is 0. The fraction of sp³-hybridized carbons (Fsp3) is 0.300. The van der Waals surface area contributed by atoms with Crippen LogP contribution in [0.4, 0.5) is 0 Å². The molecule has 0 atom stereocenters. The van der Waals surface area contributed by atoms with Crippen LogP contribution in [0.3, 0.4) is 0 Å². The third kappa shape index (κ3) is 6.38. The van der Waals surface area contributed by atoms with E-state index in [0.29, 0.717) is 6.54 Å². The summed E-state index contributed by atoms with van der Waals surface area (Å²) in [5, 5.41) is 2.72. The monoisotopic (exact) mass is 246 g/mol. The van der Waals surface area contributed by atoms with E-state index < -0.39 is 0 Å². The number of halogens is 1. The number of nitrogens with one attached hydrogen (secondary N) is 1. The van der Waals surface area contributed by atoms with Crippen LogP contribution in [0.25, 0.3) is 0 Å². The number of carbonyl (C=O) groups is 1. The van der Waals surface area contributed by atoms with E-state index in [9.17, 15) is 4.79 Å². The van der Waals surface area contributed by atoms with Crippen molar-refractivity contribution >= 4 is 30.1 Å². The lowest BCUT2D eigenvalue weighted by atomic mass is 10.4. The van der Waals surface area contributed by atoms with Gasteiger partial charge in [0.25, 0.3) is 0 Å². The largest absolute Gasteiger partial charge is 0.354 e. The summed E-state index contributed by atoms with van der Waals surface area (Å²) in [5.74, 6) is 0.772. The molecule has 0 heterocycles. The van der Waals surface area contributed by atoms with E-state index in [2.05, 4.69) is 17.4 Å². The first kappa shape index (κ1) is 14.3. The van der Waals surface area contributed by atoms with Gasteiger partial charge < -0.3 is 11.1 Å². The van der Waals surface area contributed by atoms with E-state index in [-0.39, 0.29) is 24.9 Å². The highest BCUT2D eigenvalue weighted by molar-refractivity contribution is 7.99. The van der Waals surface area contributed by atoms with Gasteiger partial charge in [0.1, 0.15) is 0 Å². The number of hydrogen-bond donors (Lipinski definition) is 2. The Labute approximate surface area is 100 Å². The third-order valence-corrected chi connectivity index (χ3v) is 2.64. The fourth-order valence-electron chi connectivity index (χ4n) is 0.948. The Morgan fingerprint density at radius 3 is 2.60 bits per heavy atom. The van der Waals surface area contributed by atoms with Crippen LogP contribution < -0.4 is 11.1 Å². The molecule has 0 aromatic heterocycles. The molecule has 0 bridgehead atoms. The number of amides is 1. The van der Waals surface area contributed by atoms with Crippen LogP contribution >= 0.6 is 24.2 Å². The summed E-state index contributed by atoms with van der Waals surface area (Å²) in [5.41, 5.74) is 5.15. The summed E-state index contributed by atoms with van der Waals surface area (Å²) in [6.07, 6.45) is 0. The summed E-state index contributed by atoms with van der Waals surface area (Å²) in [6, 6.07) is 10.1. The lowest BCUT2D eigenvalue weighted by Crippen LogP contribution is -2.31. The van der Waals surface area contributed by atoms with Crippen LogP contribution in [-0.2, 0) is 4.79 Å². The molecule has 5 heteroatoms. The maximum atomic E-state index is 10.8. The molecule has 0 fully saturated rings. The molecule has 0 saturated carbocycles. The average Bonchev–Trinajstić information content (AvgIpc) is 2.25. The minimum atomic E-state index is -0.0985.